The van der Waals surface area contributed by atoms with Gasteiger partial charge in [-0.15, -0.1) is 11.3 Å². The zero-order valence-corrected chi connectivity index (χ0v) is 48.7. The molecular formula is C76H69N3S. The van der Waals surface area contributed by atoms with Crippen molar-refractivity contribution < 1.29 is 0 Å². The molecule has 0 saturated carbocycles. The van der Waals surface area contributed by atoms with E-state index < -0.39 is 0 Å². The van der Waals surface area contributed by atoms with Crippen LogP contribution in [0.25, 0.3) is 91.3 Å². The largest absolute Gasteiger partial charge is 0.344 e. The number of rotatable bonds is 7. The first-order valence-corrected chi connectivity index (χ1v) is 29.0. The SMILES string of the molecule is C=C/C(C)=C(\C=C/C)c1cc(C)ccc1CC.Cc1ccc2c(c1)C(C)(C)c1cc(N(c3ccc4sc5ccccc5c4c3)c3ccc4c5ccccc5n(C)c4c3)c3ccccc3c1-2.Cc1ccc2c3ccccc3n(C)c2c1. The molecule has 0 N–H and O–H groups in total. The number of hydrogen-bond acceptors (Lipinski definition) is 2. The van der Waals surface area contributed by atoms with Gasteiger partial charge in [0.05, 0.1) is 11.2 Å². The van der Waals surface area contributed by atoms with Gasteiger partial charge in [-0.25, -0.2) is 0 Å². The van der Waals surface area contributed by atoms with Gasteiger partial charge in [-0.2, -0.15) is 0 Å². The molecule has 1 aliphatic rings. The Balaban J connectivity index is 0.000000162. The highest BCUT2D eigenvalue weighted by atomic mass is 32.1. The molecule has 0 spiro atoms. The fraction of sp³-hybridized carbons (Fsp3) is 0.158. The van der Waals surface area contributed by atoms with E-state index in [9.17, 15) is 0 Å². The molecule has 3 aromatic heterocycles. The highest BCUT2D eigenvalue weighted by molar-refractivity contribution is 7.25. The molecule has 0 unspecified atom stereocenters. The van der Waals surface area contributed by atoms with Crippen molar-refractivity contribution in [3.63, 3.8) is 0 Å². The zero-order valence-electron chi connectivity index (χ0n) is 47.9. The van der Waals surface area contributed by atoms with Crippen molar-refractivity contribution in [2.24, 2.45) is 14.1 Å². The standard InChI is InChI=1S/C45H34N2S.C17H22.C14H13N/c1-27-17-20-35-37(23-27)45(2,3)38-26-41(31-12-5-6-14-34(31)44(35)38)47(28-19-22-43-36(24-28)33-13-8-10-16-42(33)48-43)29-18-21-32-30-11-7-9-15-39(30)46(4)40(32)25-29;1-6-9-16(14(5)7-2)17-12-13(4)10-11-15(17)8-3;1-10-7-8-12-11-5-3-4-6-13(11)15(2)14(12)9-10/h5-26H,1-4H3;6-7,9-12H,2,8H2,1,3-5H3;3-9H,1-2H3/b;9-6-,16-14+;. The molecule has 0 aliphatic heterocycles. The van der Waals surface area contributed by atoms with E-state index in [4.69, 9.17) is 0 Å². The number of benzene rings is 10. The van der Waals surface area contributed by atoms with Crippen molar-refractivity contribution in [3.8, 4) is 11.1 Å². The number of thiophene rings is 1. The fourth-order valence-electron chi connectivity index (χ4n) is 12.7. The first-order valence-electron chi connectivity index (χ1n) is 28.2. The van der Waals surface area contributed by atoms with E-state index in [1.807, 2.05) is 17.4 Å². The quantitative estimate of drug-likeness (QED) is 0.145. The molecule has 0 fully saturated rings. The second-order valence-corrected chi connectivity index (χ2v) is 23.4. The second-order valence-electron chi connectivity index (χ2n) is 22.3. The maximum atomic E-state index is 3.88. The predicted octanol–water partition coefficient (Wildman–Crippen LogP) is 21.7. The maximum Gasteiger partial charge on any atom is 0.0543 e. The van der Waals surface area contributed by atoms with E-state index in [0.717, 1.165) is 12.1 Å². The summed E-state index contributed by atoms with van der Waals surface area (Å²) in [6.45, 7) is 21.5. The van der Waals surface area contributed by atoms with Crippen molar-refractivity contribution in [1.29, 1.82) is 0 Å². The molecule has 80 heavy (non-hydrogen) atoms. The van der Waals surface area contributed by atoms with Crippen LogP contribution in [-0.4, -0.2) is 9.13 Å². The van der Waals surface area contributed by atoms with E-state index >= 15 is 0 Å². The van der Waals surface area contributed by atoms with Gasteiger partial charge in [0.15, 0.2) is 0 Å². The minimum absolute atomic E-state index is 0.131. The minimum atomic E-state index is -0.131. The van der Waals surface area contributed by atoms with Gasteiger partial charge in [0.1, 0.15) is 0 Å². The number of para-hydroxylation sites is 2. The summed E-state index contributed by atoms with van der Waals surface area (Å²) in [5.41, 5.74) is 23.2. The number of aryl methyl sites for hydroxylation is 6. The molecule has 0 amide bonds. The van der Waals surface area contributed by atoms with Crippen LogP contribution >= 0.6 is 11.3 Å². The van der Waals surface area contributed by atoms with Crippen molar-refractivity contribution >= 4 is 109 Å². The summed E-state index contributed by atoms with van der Waals surface area (Å²) < 4.78 is 7.24. The Morgan fingerprint density at radius 2 is 1.06 bits per heavy atom. The van der Waals surface area contributed by atoms with Gasteiger partial charge in [0.25, 0.3) is 0 Å². The topological polar surface area (TPSA) is 13.1 Å². The van der Waals surface area contributed by atoms with E-state index in [-0.39, 0.29) is 5.41 Å². The third-order valence-corrected chi connectivity index (χ3v) is 18.1. The van der Waals surface area contributed by atoms with Crippen LogP contribution < -0.4 is 4.90 Å². The third kappa shape index (κ3) is 8.83. The zero-order chi connectivity index (χ0) is 55.6. The smallest absolute Gasteiger partial charge is 0.0543 e. The summed E-state index contributed by atoms with van der Waals surface area (Å²) in [4.78, 5) is 2.51. The highest BCUT2D eigenvalue weighted by Crippen LogP contribution is 2.55. The van der Waals surface area contributed by atoms with Crippen molar-refractivity contribution in [3.05, 3.63) is 263 Å². The molecule has 13 aromatic rings. The van der Waals surface area contributed by atoms with E-state index in [0.29, 0.717) is 0 Å². The van der Waals surface area contributed by atoms with Gasteiger partial charge >= 0.3 is 0 Å². The summed E-state index contributed by atoms with van der Waals surface area (Å²) in [7, 11) is 4.32. The minimum Gasteiger partial charge on any atom is -0.344 e. The lowest BCUT2D eigenvalue weighted by atomic mass is 9.81. The highest BCUT2D eigenvalue weighted by Gasteiger charge is 2.38. The van der Waals surface area contributed by atoms with Crippen molar-refractivity contribution in [2.75, 3.05) is 4.90 Å². The second kappa shape index (κ2) is 20.8. The normalized spacial score (nSPS) is 13.0. The lowest BCUT2D eigenvalue weighted by molar-refractivity contribution is 0.660. The summed E-state index contributed by atoms with van der Waals surface area (Å²) in [6.07, 6.45) is 7.24. The average molecular weight is 1060 g/mol. The molecule has 0 bridgehead atoms. The van der Waals surface area contributed by atoms with Gasteiger partial charge < -0.3 is 14.0 Å². The Bertz CT molecular complexity index is 4660. The molecule has 10 aromatic carbocycles. The molecule has 1 aliphatic carbocycles. The third-order valence-electron chi connectivity index (χ3n) is 16.9. The van der Waals surface area contributed by atoms with E-state index in [2.05, 4.69) is 296 Å². The predicted molar refractivity (Wildman–Crippen MR) is 351 cm³/mol. The Labute approximate surface area is 475 Å². The first-order chi connectivity index (χ1) is 38.8. The number of allylic oxidation sites excluding steroid dienone is 5. The summed E-state index contributed by atoms with van der Waals surface area (Å²) in [5.74, 6) is 0. The summed E-state index contributed by atoms with van der Waals surface area (Å²) >= 11 is 1.87. The van der Waals surface area contributed by atoms with Crippen LogP contribution in [0.4, 0.5) is 17.1 Å². The van der Waals surface area contributed by atoms with Gasteiger partial charge in [-0.3, -0.25) is 0 Å². The molecule has 3 nitrogen and oxygen atoms in total. The van der Waals surface area contributed by atoms with Crippen LogP contribution in [0.2, 0.25) is 0 Å². The molecular weight excluding hydrogens is 987 g/mol. The molecule has 0 atom stereocenters. The van der Waals surface area contributed by atoms with Crippen LogP contribution in [0.15, 0.2) is 225 Å². The molecule has 394 valence electrons. The number of anilines is 3. The van der Waals surface area contributed by atoms with Gasteiger partial charge in [-0.1, -0.05) is 190 Å². The molecule has 3 heterocycles. The van der Waals surface area contributed by atoms with E-state index in [1.165, 1.54) is 147 Å². The Morgan fingerprint density at radius 1 is 0.525 bits per heavy atom. The van der Waals surface area contributed by atoms with Gasteiger partial charge in [-0.05, 0) is 157 Å². The summed E-state index contributed by atoms with van der Waals surface area (Å²) in [5, 5.41) is 10.4. The fourth-order valence-corrected chi connectivity index (χ4v) is 13.7. The number of aromatic nitrogens is 2. The van der Waals surface area contributed by atoms with E-state index in [1.54, 1.807) is 0 Å². The molecule has 14 rings (SSSR count). The lowest BCUT2D eigenvalue weighted by Crippen LogP contribution is -2.17. The van der Waals surface area contributed by atoms with Crippen LogP contribution in [0.1, 0.15) is 73.6 Å². The van der Waals surface area contributed by atoms with Gasteiger partial charge in [0, 0.05) is 94.5 Å². The Hall–Kier alpha value is -8.70. The van der Waals surface area contributed by atoms with Crippen molar-refractivity contribution in [2.45, 2.75) is 67.2 Å². The Morgan fingerprint density at radius 3 is 1.75 bits per heavy atom. The summed E-state index contributed by atoms with van der Waals surface area (Å²) in [6, 6.07) is 71.9. The lowest BCUT2D eigenvalue weighted by Gasteiger charge is -2.30. The first kappa shape index (κ1) is 52.0. The number of nitrogens with zero attached hydrogens (tertiary/aromatic N) is 3. The van der Waals surface area contributed by atoms with Crippen molar-refractivity contribution in [1.82, 2.24) is 9.13 Å². The molecule has 0 saturated heterocycles. The number of hydrogen-bond donors (Lipinski definition) is 0. The monoisotopic (exact) mass is 1060 g/mol. The Kier molecular flexibility index (Phi) is 13.5. The van der Waals surface area contributed by atoms with Crippen LogP contribution in [0.5, 0.6) is 0 Å². The molecule has 4 heteroatoms. The van der Waals surface area contributed by atoms with Crippen LogP contribution in [-0.2, 0) is 25.9 Å². The van der Waals surface area contributed by atoms with Gasteiger partial charge in [0.2, 0.25) is 0 Å². The maximum absolute atomic E-state index is 3.88. The average Bonchev–Trinajstić information content (AvgIpc) is 3.75. The molecule has 0 radical (unpaired) electrons. The van der Waals surface area contributed by atoms with Crippen LogP contribution in [0.3, 0.4) is 0 Å². The number of fused-ring (bicyclic) bond motifs is 14. The van der Waals surface area contributed by atoms with Crippen LogP contribution in [0, 0.1) is 20.8 Å².